The third kappa shape index (κ3) is 6.24. The van der Waals surface area contributed by atoms with Gasteiger partial charge in [0.2, 0.25) is 5.91 Å². The summed E-state index contributed by atoms with van der Waals surface area (Å²) < 4.78 is 0. The highest BCUT2D eigenvalue weighted by atomic mass is 16.2. The van der Waals surface area contributed by atoms with E-state index >= 15 is 0 Å². The van der Waals surface area contributed by atoms with Crippen molar-refractivity contribution in [2.24, 2.45) is 5.92 Å². The first-order valence-corrected chi connectivity index (χ1v) is 8.81. The van der Waals surface area contributed by atoms with Crippen molar-refractivity contribution in [1.29, 1.82) is 0 Å². The van der Waals surface area contributed by atoms with Gasteiger partial charge in [-0.1, -0.05) is 43.7 Å². The average Bonchev–Trinajstić information content (AvgIpc) is 2.58. The maximum Gasteiger partial charge on any atom is 0.321 e. The van der Waals surface area contributed by atoms with E-state index in [-0.39, 0.29) is 11.9 Å². The van der Waals surface area contributed by atoms with Crippen LogP contribution in [-0.4, -0.2) is 23.9 Å². The molecule has 0 fully saturated rings. The van der Waals surface area contributed by atoms with Crippen LogP contribution in [-0.2, 0) is 11.3 Å². The van der Waals surface area contributed by atoms with Gasteiger partial charge in [-0.05, 0) is 42.7 Å². The van der Waals surface area contributed by atoms with Crippen LogP contribution in [0.15, 0.2) is 48.5 Å². The van der Waals surface area contributed by atoms with Crippen LogP contribution >= 0.6 is 0 Å². The van der Waals surface area contributed by atoms with Crippen molar-refractivity contribution in [2.45, 2.75) is 33.7 Å². The van der Waals surface area contributed by atoms with Crippen LogP contribution < -0.4 is 10.6 Å². The number of urea groups is 1. The highest BCUT2D eigenvalue weighted by Crippen LogP contribution is 2.15. The number of rotatable bonds is 6. The Bertz CT molecular complexity index is 737. The summed E-state index contributed by atoms with van der Waals surface area (Å²) in [5.74, 6) is 0.312. The molecule has 0 spiro atoms. The second kappa shape index (κ2) is 9.04. The van der Waals surface area contributed by atoms with Crippen LogP contribution in [0.25, 0.3) is 0 Å². The lowest BCUT2D eigenvalue weighted by molar-refractivity contribution is -0.116. The summed E-state index contributed by atoms with van der Waals surface area (Å²) in [6, 6.07) is 15.1. The van der Waals surface area contributed by atoms with Crippen molar-refractivity contribution >= 4 is 23.3 Å². The van der Waals surface area contributed by atoms with Gasteiger partial charge in [-0.25, -0.2) is 4.79 Å². The lowest BCUT2D eigenvalue weighted by Crippen LogP contribution is -2.30. The predicted molar refractivity (Wildman–Crippen MR) is 106 cm³/mol. The van der Waals surface area contributed by atoms with Crippen molar-refractivity contribution in [1.82, 2.24) is 4.90 Å². The molecule has 0 aliphatic rings. The van der Waals surface area contributed by atoms with E-state index in [1.54, 1.807) is 36.2 Å². The molecule has 0 aliphatic heterocycles. The lowest BCUT2D eigenvalue weighted by Gasteiger charge is -2.18. The van der Waals surface area contributed by atoms with E-state index < -0.39 is 0 Å². The summed E-state index contributed by atoms with van der Waals surface area (Å²) in [5.41, 5.74) is 3.69. The molecule has 0 radical (unpaired) electrons. The van der Waals surface area contributed by atoms with E-state index in [1.807, 2.05) is 45.0 Å². The monoisotopic (exact) mass is 353 g/mol. The van der Waals surface area contributed by atoms with E-state index in [4.69, 9.17) is 0 Å². The molecule has 2 N–H and O–H groups in total. The first-order chi connectivity index (χ1) is 12.3. The summed E-state index contributed by atoms with van der Waals surface area (Å²) >= 11 is 0. The van der Waals surface area contributed by atoms with Gasteiger partial charge >= 0.3 is 6.03 Å². The first-order valence-electron chi connectivity index (χ1n) is 8.81. The molecular formula is C21H27N3O2. The number of hydrogen-bond acceptors (Lipinski definition) is 2. The average molecular weight is 353 g/mol. The normalized spacial score (nSPS) is 10.5. The zero-order valence-corrected chi connectivity index (χ0v) is 15.9. The van der Waals surface area contributed by atoms with Crippen molar-refractivity contribution < 1.29 is 9.59 Å². The van der Waals surface area contributed by atoms with Gasteiger partial charge in [0.15, 0.2) is 0 Å². The van der Waals surface area contributed by atoms with Gasteiger partial charge in [0, 0.05) is 31.4 Å². The Hall–Kier alpha value is -2.82. The molecule has 5 nitrogen and oxygen atoms in total. The van der Waals surface area contributed by atoms with E-state index in [0.717, 1.165) is 11.3 Å². The Morgan fingerprint density at radius 2 is 1.46 bits per heavy atom. The highest BCUT2D eigenvalue weighted by molar-refractivity contribution is 5.92. The van der Waals surface area contributed by atoms with Crippen LogP contribution in [0.4, 0.5) is 16.2 Å². The minimum Gasteiger partial charge on any atom is -0.326 e. The van der Waals surface area contributed by atoms with Crippen LogP contribution in [0.1, 0.15) is 31.4 Å². The van der Waals surface area contributed by atoms with E-state index in [9.17, 15) is 9.59 Å². The number of amides is 3. The number of carbonyl (C=O) groups is 2. The van der Waals surface area contributed by atoms with E-state index in [0.29, 0.717) is 24.6 Å². The van der Waals surface area contributed by atoms with Gasteiger partial charge in [0.1, 0.15) is 0 Å². The van der Waals surface area contributed by atoms with E-state index in [2.05, 4.69) is 10.6 Å². The van der Waals surface area contributed by atoms with Crippen molar-refractivity contribution in [2.75, 3.05) is 17.7 Å². The maximum absolute atomic E-state index is 12.3. The van der Waals surface area contributed by atoms with Gasteiger partial charge in [-0.2, -0.15) is 0 Å². The smallest absolute Gasteiger partial charge is 0.321 e. The second-order valence-electron chi connectivity index (χ2n) is 7.00. The zero-order chi connectivity index (χ0) is 19.1. The standard InChI is InChI=1S/C21H27N3O2/c1-15(2)13-20(25)22-18-9-11-19(12-10-18)23-21(26)24(4)14-17-7-5-16(3)6-8-17/h5-12,15H,13-14H2,1-4H3,(H,22,25)(H,23,26). The number of nitrogens with one attached hydrogen (secondary N) is 2. The molecule has 2 aromatic carbocycles. The number of nitrogens with zero attached hydrogens (tertiary/aromatic N) is 1. The third-order valence-electron chi connectivity index (χ3n) is 3.90. The summed E-state index contributed by atoms with van der Waals surface area (Å²) in [6.45, 7) is 6.58. The molecule has 0 unspecified atom stereocenters. The van der Waals surface area contributed by atoms with Gasteiger partial charge in [0.25, 0.3) is 0 Å². The molecule has 0 saturated heterocycles. The Labute approximate surface area is 155 Å². The molecule has 0 atom stereocenters. The molecule has 26 heavy (non-hydrogen) atoms. The highest BCUT2D eigenvalue weighted by Gasteiger charge is 2.10. The van der Waals surface area contributed by atoms with Crippen molar-refractivity contribution in [3.05, 3.63) is 59.7 Å². The van der Waals surface area contributed by atoms with Crippen LogP contribution in [0.2, 0.25) is 0 Å². The summed E-state index contributed by atoms with van der Waals surface area (Å²) in [7, 11) is 1.76. The molecular weight excluding hydrogens is 326 g/mol. The number of benzene rings is 2. The van der Waals surface area contributed by atoms with Gasteiger partial charge in [-0.3, -0.25) is 4.79 Å². The first kappa shape index (κ1) is 19.5. The van der Waals surface area contributed by atoms with E-state index in [1.165, 1.54) is 5.56 Å². The molecule has 138 valence electrons. The molecule has 0 heterocycles. The topological polar surface area (TPSA) is 61.4 Å². The SMILES string of the molecule is Cc1ccc(CN(C)C(=O)Nc2ccc(NC(=O)CC(C)C)cc2)cc1. The molecule has 2 aromatic rings. The molecule has 5 heteroatoms. The maximum atomic E-state index is 12.3. The Kier molecular flexibility index (Phi) is 6.78. The summed E-state index contributed by atoms with van der Waals surface area (Å²) in [4.78, 5) is 25.7. The molecule has 0 aliphatic carbocycles. The lowest BCUT2D eigenvalue weighted by atomic mass is 10.1. The Morgan fingerprint density at radius 1 is 0.923 bits per heavy atom. The Balaban J connectivity index is 1.88. The van der Waals surface area contributed by atoms with Crippen molar-refractivity contribution in [3.63, 3.8) is 0 Å². The molecule has 0 bridgehead atoms. The number of aryl methyl sites for hydroxylation is 1. The summed E-state index contributed by atoms with van der Waals surface area (Å²) in [6.07, 6.45) is 0.488. The largest absolute Gasteiger partial charge is 0.326 e. The zero-order valence-electron chi connectivity index (χ0n) is 15.9. The predicted octanol–water partition coefficient (Wildman–Crippen LogP) is 4.64. The third-order valence-corrected chi connectivity index (χ3v) is 3.90. The molecule has 0 aromatic heterocycles. The molecule has 2 rings (SSSR count). The van der Waals surface area contributed by atoms with Gasteiger partial charge < -0.3 is 15.5 Å². The number of carbonyl (C=O) groups excluding carboxylic acids is 2. The van der Waals surface area contributed by atoms with Crippen LogP contribution in [0.5, 0.6) is 0 Å². The van der Waals surface area contributed by atoms with Crippen LogP contribution in [0.3, 0.4) is 0 Å². The van der Waals surface area contributed by atoms with Gasteiger partial charge in [0.05, 0.1) is 0 Å². The quantitative estimate of drug-likeness (QED) is 0.794. The fraction of sp³-hybridized carbons (Fsp3) is 0.333. The molecule has 0 saturated carbocycles. The van der Waals surface area contributed by atoms with Crippen molar-refractivity contribution in [3.8, 4) is 0 Å². The minimum absolute atomic E-state index is 0.00498. The number of hydrogen-bond donors (Lipinski definition) is 2. The number of anilines is 2. The summed E-state index contributed by atoms with van der Waals surface area (Å²) in [5, 5.41) is 5.71. The van der Waals surface area contributed by atoms with Gasteiger partial charge in [-0.15, -0.1) is 0 Å². The fourth-order valence-corrected chi connectivity index (χ4v) is 2.48. The van der Waals surface area contributed by atoms with Crippen LogP contribution in [0, 0.1) is 12.8 Å². The molecule has 3 amide bonds. The second-order valence-corrected chi connectivity index (χ2v) is 7.00. The Morgan fingerprint density at radius 3 is 2.00 bits per heavy atom. The fourth-order valence-electron chi connectivity index (χ4n) is 2.48. The minimum atomic E-state index is -0.179.